The number of aromatic nitrogens is 2. The third kappa shape index (κ3) is 1.95. The summed E-state index contributed by atoms with van der Waals surface area (Å²) < 4.78 is 0. The molecule has 0 saturated carbocycles. The first-order chi connectivity index (χ1) is 7.42. The first-order valence-corrected chi connectivity index (χ1v) is 4.35. The van der Waals surface area contributed by atoms with E-state index in [9.17, 15) is 4.79 Å². The van der Waals surface area contributed by atoms with Crippen LogP contribution in [0.15, 0.2) is 47.8 Å². The van der Waals surface area contributed by atoms with Gasteiger partial charge in [-0.2, -0.15) is 4.99 Å². The molecule has 0 bridgehead atoms. The van der Waals surface area contributed by atoms with E-state index in [0.29, 0.717) is 11.4 Å². The molecule has 0 saturated heterocycles. The molecule has 0 aliphatic heterocycles. The number of isocyanates is 1. The van der Waals surface area contributed by atoms with Gasteiger partial charge in [-0.05, 0) is 24.3 Å². The zero-order valence-electron chi connectivity index (χ0n) is 7.79. The number of rotatable bonds is 2. The van der Waals surface area contributed by atoms with Crippen LogP contribution in [-0.4, -0.2) is 16.0 Å². The second-order valence-electron chi connectivity index (χ2n) is 2.82. The summed E-state index contributed by atoms with van der Waals surface area (Å²) in [5, 5.41) is 0. The molecular formula is C11H7N3O. The van der Waals surface area contributed by atoms with Gasteiger partial charge in [0.1, 0.15) is 5.69 Å². The highest BCUT2D eigenvalue weighted by molar-refractivity contribution is 5.72. The molecule has 4 heteroatoms. The molecule has 0 fully saturated rings. The van der Waals surface area contributed by atoms with Gasteiger partial charge >= 0.3 is 0 Å². The zero-order valence-corrected chi connectivity index (χ0v) is 7.79. The Balaban J connectivity index is 2.58. The van der Waals surface area contributed by atoms with Gasteiger partial charge in [0.15, 0.2) is 0 Å². The normalized spacial score (nSPS) is 9.33. The lowest BCUT2D eigenvalue weighted by atomic mass is 10.1. The van der Waals surface area contributed by atoms with Crippen molar-refractivity contribution in [3.63, 3.8) is 0 Å². The number of pyridine rings is 2. The molecule has 2 aromatic rings. The van der Waals surface area contributed by atoms with E-state index in [1.807, 2.05) is 6.07 Å². The molecule has 0 atom stereocenters. The topological polar surface area (TPSA) is 55.2 Å². The van der Waals surface area contributed by atoms with Gasteiger partial charge in [-0.1, -0.05) is 0 Å². The predicted molar refractivity (Wildman–Crippen MR) is 55.2 cm³/mol. The van der Waals surface area contributed by atoms with Crippen LogP contribution in [0, 0.1) is 0 Å². The van der Waals surface area contributed by atoms with E-state index in [2.05, 4.69) is 15.0 Å². The van der Waals surface area contributed by atoms with Crippen LogP contribution in [0.1, 0.15) is 0 Å². The molecule has 0 N–H and O–H groups in total. The molecule has 0 aromatic carbocycles. The number of carbonyl (C=O) groups excluding carboxylic acids is 1. The van der Waals surface area contributed by atoms with Gasteiger partial charge < -0.3 is 0 Å². The van der Waals surface area contributed by atoms with Gasteiger partial charge in [0.05, 0.1) is 5.69 Å². The van der Waals surface area contributed by atoms with Crippen LogP contribution in [0.5, 0.6) is 0 Å². The maximum atomic E-state index is 10.2. The Labute approximate surface area is 86.3 Å². The van der Waals surface area contributed by atoms with Crippen LogP contribution in [0.2, 0.25) is 0 Å². The number of hydrogen-bond donors (Lipinski definition) is 0. The van der Waals surface area contributed by atoms with Crippen LogP contribution in [0.4, 0.5) is 5.69 Å². The monoisotopic (exact) mass is 197 g/mol. The van der Waals surface area contributed by atoms with E-state index in [0.717, 1.165) is 5.56 Å². The fourth-order valence-electron chi connectivity index (χ4n) is 1.26. The highest BCUT2D eigenvalue weighted by Crippen LogP contribution is 2.26. The minimum Gasteiger partial charge on any atom is -0.264 e. The van der Waals surface area contributed by atoms with E-state index in [1.54, 1.807) is 36.8 Å². The predicted octanol–water partition coefficient (Wildman–Crippen LogP) is 2.11. The number of nitrogens with zero attached hydrogens (tertiary/aromatic N) is 3. The molecule has 2 rings (SSSR count). The molecule has 2 aromatic heterocycles. The number of aliphatic imine (C=N–C) groups is 1. The van der Waals surface area contributed by atoms with Gasteiger partial charge in [0.25, 0.3) is 0 Å². The van der Waals surface area contributed by atoms with E-state index in [4.69, 9.17) is 0 Å². The lowest BCUT2D eigenvalue weighted by Crippen LogP contribution is -1.84. The largest absolute Gasteiger partial charge is 0.264 e. The summed E-state index contributed by atoms with van der Waals surface area (Å²) in [7, 11) is 0. The lowest BCUT2D eigenvalue weighted by Gasteiger charge is -2.01. The van der Waals surface area contributed by atoms with Gasteiger partial charge in [0.2, 0.25) is 6.08 Å². The summed E-state index contributed by atoms with van der Waals surface area (Å²) in [4.78, 5) is 21.9. The highest BCUT2D eigenvalue weighted by atomic mass is 16.1. The minimum absolute atomic E-state index is 0.500. The Morgan fingerprint density at radius 3 is 2.80 bits per heavy atom. The smallest absolute Gasteiger partial charge is 0.240 e. The standard InChI is InChI=1S/C11H7N3O/c15-8-14-10-4-2-6-13-11(10)9-3-1-5-12-7-9/h1-7H. The molecule has 0 aliphatic carbocycles. The summed E-state index contributed by atoms with van der Waals surface area (Å²) in [5.41, 5.74) is 1.96. The van der Waals surface area contributed by atoms with Crippen molar-refractivity contribution in [3.05, 3.63) is 42.9 Å². The van der Waals surface area contributed by atoms with Crippen molar-refractivity contribution >= 4 is 11.8 Å². The first-order valence-electron chi connectivity index (χ1n) is 4.35. The fourth-order valence-corrected chi connectivity index (χ4v) is 1.26. The van der Waals surface area contributed by atoms with Crippen LogP contribution in [0.3, 0.4) is 0 Å². The van der Waals surface area contributed by atoms with Crippen LogP contribution in [0.25, 0.3) is 11.3 Å². The average molecular weight is 197 g/mol. The van der Waals surface area contributed by atoms with Gasteiger partial charge in [-0.25, -0.2) is 4.79 Å². The molecular weight excluding hydrogens is 190 g/mol. The van der Waals surface area contributed by atoms with Crippen molar-refractivity contribution in [2.45, 2.75) is 0 Å². The molecule has 0 radical (unpaired) electrons. The second kappa shape index (κ2) is 4.26. The summed E-state index contributed by atoms with van der Waals surface area (Å²) >= 11 is 0. The third-order valence-corrected chi connectivity index (χ3v) is 1.89. The summed E-state index contributed by atoms with van der Waals surface area (Å²) in [6.45, 7) is 0. The van der Waals surface area contributed by atoms with E-state index in [1.165, 1.54) is 6.08 Å². The Kier molecular flexibility index (Phi) is 2.63. The molecule has 0 aliphatic rings. The second-order valence-corrected chi connectivity index (χ2v) is 2.82. The van der Waals surface area contributed by atoms with Crippen LogP contribution in [-0.2, 0) is 4.79 Å². The van der Waals surface area contributed by atoms with Crippen molar-refractivity contribution in [3.8, 4) is 11.3 Å². The van der Waals surface area contributed by atoms with Crippen LogP contribution < -0.4 is 0 Å². The first kappa shape index (κ1) is 9.24. The molecule has 72 valence electrons. The van der Waals surface area contributed by atoms with Crippen molar-refractivity contribution in [1.82, 2.24) is 9.97 Å². The average Bonchev–Trinajstić information content (AvgIpc) is 2.31. The Bertz CT molecular complexity index is 504. The zero-order chi connectivity index (χ0) is 10.5. The molecule has 0 spiro atoms. The van der Waals surface area contributed by atoms with Crippen molar-refractivity contribution < 1.29 is 4.79 Å². The fraction of sp³-hybridized carbons (Fsp3) is 0. The maximum absolute atomic E-state index is 10.2. The van der Waals surface area contributed by atoms with Gasteiger partial charge in [-0.3, -0.25) is 9.97 Å². The maximum Gasteiger partial charge on any atom is 0.240 e. The quantitative estimate of drug-likeness (QED) is 0.547. The summed E-state index contributed by atoms with van der Waals surface area (Å²) in [6.07, 6.45) is 6.50. The summed E-state index contributed by atoms with van der Waals surface area (Å²) in [6, 6.07) is 7.09. The third-order valence-electron chi connectivity index (χ3n) is 1.89. The van der Waals surface area contributed by atoms with Crippen molar-refractivity contribution in [2.75, 3.05) is 0 Å². The van der Waals surface area contributed by atoms with E-state index < -0.39 is 0 Å². The van der Waals surface area contributed by atoms with Gasteiger partial charge in [0, 0.05) is 24.2 Å². The van der Waals surface area contributed by atoms with Crippen molar-refractivity contribution in [1.29, 1.82) is 0 Å². The molecule has 15 heavy (non-hydrogen) atoms. The highest BCUT2D eigenvalue weighted by Gasteiger charge is 2.04. The molecule has 4 nitrogen and oxygen atoms in total. The number of hydrogen-bond acceptors (Lipinski definition) is 4. The van der Waals surface area contributed by atoms with E-state index in [-0.39, 0.29) is 0 Å². The molecule has 0 amide bonds. The molecule has 2 heterocycles. The van der Waals surface area contributed by atoms with Crippen LogP contribution >= 0.6 is 0 Å². The van der Waals surface area contributed by atoms with E-state index >= 15 is 0 Å². The lowest BCUT2D eigenvalue weighted by molar-refractivity contribution is 0.565. The Morgan fingerprint density at radius 1 is 1.20 bits per heavy atom. The van der Waals surface area contributed by atoms with Gasteiger partial charge in [-0.15, -0.1) is 0 Å². The SMILES string of the molecule is O=C=Nc1cccnc1-c1cccnc1. The Morgan fingerprint density at radius 2 is 2.07 bits per heavy atom. The Hall–Kier alpha value is -2.32. The minimum atomic E-state index is 0.500. The summed E-state index contributed by atoms with van der Waals surface area (Å²) in [5.74, 6) is 0. The molecule has 0 unspecified atom stereocenters. The van der Waals surface area contributed by atoms with Crippen molar-refractivity contribution in [2.24, 2.45) is 4.99 Å².